The van der Waals surface area contributed by atoms with E-state index in [1.54, 1.807) is 14.2 Å². The van der Waals surface area contributed by atoms with Crippen LogP contribution >= 0.6 is 0 Å². The number of anilines is 2. The summed E-state index contributed by atoms with van der Waals surface area (Å²) in [5, 5.41) is 3.37. The summed E-state index contributed by atoms with van der Waals surface area (Å²) in [4.78, 5) is 8.72. The molecular formula is C17H23N3NaO2. The van der Waals surface area contributed by atoms with E-state index in [0.29, 0.717) is 11.7 Å². The van der Waals surface area contributed by atoms with Gasteiger partial charge in [-0.15, -0.1) is 0 Å². The molecule has 0 aliphatic carbocycles. The number of benzene rings is 1. The normalized spacial score (nSPS) is 10.2. The largest absolute Gasteiger partial charge is 0.481 e. The van der Waals surface area contributed by atoms with Gasteiger partial charge in [-0.25, -0.2) is 0 Å². The molecule has 0 aliphatic rings. The first-order valence-corrected chi connectivity index (χ1v) is 7.29. The van der Waals surface area contributed by atoms with E-state index in [-0.39, 0.29) is 41.5 Å². The molecule has 23 heavy (non-hydrogen) atoms. The number of methoxy groups -OCH3 is 2. The van der Waals surface area contributed by atoms with Crippen molar-refractivity contribution in [3.8, 4) is 11.9 Å². The summed E-state index contributed by atoms with van der Waals surface area (Å²) < 4.78 is 10.6. The van der Waals surface area contributed by atoms with Gasteiger partial charge in [-0.2, -0.15) is 9.97 Å². The van der Waals surface area contributed by atoms with E-state index in [9.17, 15) is 0 Å². The van der Waals surface area contributed by atoms with Crippen LogP contribution in [0.5, 0.6) is 11.9 Å². The standard InChI is InChI=1S/C17H23N3O2.Na/c1-10(2)14-15(19-17(22-6)20-16(14)21-5)18-13-8-11(3)7-12(4)9-13;/h7-10H,1-6H3,(H,18,19,20);. The van der Waals surface area contributed by atoms with E-state index >= 15 is 0 Å². The molecule has 0 atom stereocenters. The van der Waals surface area contributed by atoms with Gasteiger partial charge in [0.25, 0.3) is 0 Å². The predicted molar refractivity (Wildman–Crippen MR) is 94.2 cm³/mol. The minimum Gasteiger partial charge on any atom is -0.481 e. The van der Waals surface area contributed by atoms with E-state index in [2.05, 4.69) is 61.2 Å². The van der Waals surface area contributed by atoms with Gasteiger partial charge in [-0.3, -0.25) is 0 Å². The number of aryl methyl sites for hydroxylation is 2. The molecule has 1 N–H and O–H groups in total. The van der Waals surface area contributed by atoms with Crippen LogP contribution in [-0.4, -0.2) is 53.7 Å². The summed E-state index contributed by atoms with van der Waals surface area (Å²) in [5.74, 6) is 1.46. The van der Waals surface area contributed by atoms with Crippen LogP contribution in [-0.2, 0) is 0 Å². The van der Waals surface area contributed by atoms with Gasteiger partial charge < -0.3 is 14.8 Å². The minimum absolute atomic E-state index is 0. The zero-order valence-corrected chi connectivity index (χ0v) is 17.0. The Labute approximate surface area is 160 Å². The Morgan fingerprint density at radius 2 is 1.57 bits per heavy atom. The van der Waals surface area contributed by atoms with Gasteiger partial charge in [0.15, 0.2) is 0 Å². The molecule has 0 unspecified atom stereocenters. The fourth-order valence-corrected chi connectivity index (χ4v) is 2.48. The number of aromatic nitrogens is 2. The van der Waals surface area contributed by atoms with Crippen LogP contribution in [0.3, 0.4) is 0 Å². The summed E-state index contributed by atoms with van der Waals surface area (Å²) >= 11 is 0. The van der Waals surface area contributed by atoms with Crippen molar-refractivity contribution in [3.63, 3.8) is 0 Å². The Morgan fingerprint density at radius 1 is 0.957 bits per heavy atom. The van der Waals surface area contributed by atoms with E-state index < -0.39 is 0 Å². The second kappa shape index (κ2) is 8.52. The first kappa shape index (κ1) is 19.7. The van der Waals surface area contributed by atoms with Crippen LogP contribution in [0.1, 0.15) is 36.5 Å². The average molecular weight is 324 g/mol. The number of nitrogens with zero attached hydrogens (tertiary/aromatic N) is 2. The maximum Gasteiger partial charge on any atom is 0.321 e. The first-order valence-electron chi connectivity index (χ1n) is 7.29. The molecule has 0 amide bonds. The molecule has 1 heterocycles. The summed E-state index contributed by atoms with van der Waals surface area (Å²) in [7, 11) is 3.15. The van der Waals surface area contributed by atoms with Gasteiger partial charge in [-0.05, 0) is 43.0 Å². The summed E-state index contributed by atoms with van der Waals surface area (Å²) in [6.07, 6.45) is 0. The maximum atomic E-state index is 5.40. The van der Waals surface area contributed by atoms with Crippen LogP contribution in [0.2, 0.25) is 0 Å². The van der Waals surface area contributed by atoms with E-state index in [0.717, 1.165) is 11.3 Å². The number of nitrogens with one attached hydrogen (secondary N) is 1. The summed E-state index contributed by atoms with van der Waals surface area (Å²) in [6.45, 7) is 8.31. The molecule has 0 spiro atoms. The molecule has 0 saturated heterocycles. The molecule has 0 fully saturated rings. The Bertz CT molecular complexity index is 655. The van der Waals surface area contributed by atoms with E-state index in [1.807, 2.05) is 0 Å². The Kier molecular flexibility index (Phi) is 7.32. The monoisotopic (exact) mass is 324 g/mol. The van der Waals surface area contributed by atoms with Crippen molar-refractivity contribution < 1.29 is 9.47 Å². The Morgan fingerprint density at radius 3 is 2.04 bits per heavy atom. The van der Waals surface area contributed by atoms with Crippen molar-refractivity contribution in [3.05, 3.63) is 34.9 Å². The molecule has 0 bridgehead atoms. The second-order valence-electron chi connectivity index (χ2n) is 5.64. The van der Waals surface area contributed by atoms with Gasteiger partial charge in [-0.1, -0.05) is 19.9 Å². The molecule has 0 saturated carbocycles. The molecule has 2 aromatic rings. The van der Waals surface area contributed by atoms with Gasteiger partial charge in [0.05, 0.1) is 19.8 Å². The molecule has 6 heteroatoms. The Balaban J connectivity index is 0.00000264. The van der Waals surface area contributed by atoms with Crippen LogP contribution < -0.4 is 14.8 Å². The van der Waals surface area contributed by atoms with Crippen molar-refractivity contribution in [2.75, 3.05) is 19.5 Å². The summed E-state index contributed by atoms with van der Waals surface area (Å²) in [5.41, 5.74) is 4.31. The van der Waals surface area contributed by atoms with Crippen molar-refractivity contribution in [1.29, 1.82) is 0 Å². The van der Waals surface area contributed by atoms with E-state index in [1.165, 1.54) is 11.1 Å². The zero-order valence-electron chi connectivity index (χ0n) is 15.0. The third-order valence-electron chi connectivity index (χ3n) is 3.33. The first-order chi connectivity index (χ1) is 10.4. The van der Waals surface area contributed by atoms with Crippen LogP contribution in [0.4, 0.5) is 11.5 Å². The quantitative estimate of drug-likeness (QED) is 0.852. The third kappa shape index (κ3) is 4.83. The smallest absolute Gasteiger partial charge is 0.321 e. The SMILES string of the molecule is COc1nc(Nc2cc(C)cc(C)c2)c(C(C)C)c(OC)n1.[Na]. The Hall–Kier alpha value is -1.30. The molecular weight excluding hydrogens is 301 g/mol. The fraction of sp³-hybridized carbons (Fsp3) is 0.412. The van der Waals surface area contributed by atoms with Crippen LogP contribution in [0.15, 0.2) is 18.2 Å². The van der Waals surface area contributed by atoms with E-state index in [4.69, 9.17) is 9.47 Å². The zero-order chi connectivity index (χ0) is 16.3. The molecule has 1 aromatic heterocycles. The number of rotatable bonds is 5. The number of hydrogen-bond donors (Lipinski definition) is 1. The molecule has 5 nitrogen and oxygen atoms in total. The maximum absolute atomic E-state index is 5.40. The van der Waals surface area contributed by atoms with Crippen molar-refractivity contribution in [1.82, 2.24) is 9.97 Å². The number of ether oxygens (including phenoxy) is 2. The van der Waals surface area contributed by atoms with Gasteiger partial charge in [0, 0.05) is 35.2 Å². The molecule has 119 valence electrons. The topological polar surface area (TPSA) is 56.3 Å². The van der Waals surface area contributed by atoms with Gasteiger partial charge in [0.2, 0.25) is 5.88 Å². The molecule has 0 aliphatic heterocycles. The predicted octanol–water partition coefficient (Wildman–Crippen LogP) is 3.60. The van der Waals surface area contributed by atoms with Crippen molar-refractivity contribution >= 4 is 41.1 Å². The third-order valence-corrected chi connectivity index (χ3v) is 3.33. The average Bonchev–Trinajstić information content (AvgIpc) is 2.44. The number of hydrogen-bond acceptors (Lipinski definition) is 5. The van der Waals surface area contributed by atoms with Crippen molar-refractivity contribution in [2.24, 2.45) is 0 Å². The summed E-state index contributed by atoms with van der Waals surface area (Å²) in [6, 6.07) is 6.58. The van der Waals surface area contributed by atoms with Crippen molar-refractivity contribution in [2.45, 2.75) is 33.6 Å². The minimum atomic E-state index is 0. The van der Waals surface area contributed by atoms with Crippen LogP contribution in [0.25, 0.3) is 0 Å². The molecule has 1 aromatic carbocycles. The molecule has 1 radical (unpaired) electrons. The fourth-order valence-electron chi connectivity index (χ4n) is 2.48. The second-order valence-corrected chi connectivity index (χ2v) is 5.64. The van der Waals surface area contributed by atoms with Gasteiger partial charge in [0.1, 0.15) is 5.82 Å². The molecule has 2 rings (SSSR count). The van der Waals surface area contributed by atoms with Crippen LogP contribution in [0, 0.1) is 13.8 Å². The van der Waals surface area contributed by atoms with Gasteiger partial charge >= 0.3 is 6.01 Å².